The molecule has 0 bridgehead atoms. The van der Waals surface area contributed by atoms with Gasteiger partial charge in [0.2, 0.25) is 0 Å². The van der Waals surface area contributed by atoms with E-state index in [0.29, 0.717) is 12.1 Å². The zero-order chi connectivity index (χ0) is 13.9. The molecule has 2 fully saturated rings. The van der Waals surface area contributed by atoms with E-state index in [9.17, 15) is 0 Å². The zero-order valence-electron chi connectivity index (χ0n) is 12.5. The highest BCUT2D eigenvalue weighted by Gasteiger charge is 2.34. The van der Waals surface area contributed by atoms with Crippen molar-refractivity contribution < 1.29 is 0 Å². The molecule has 1 aromatic heterocycles. The van der Waals surface area contributed by atoms with Crippen LogP contribution < -0.4 is 10.2 Å². The van der Waals surface area contributed by atoms with E-state index in [1.54, 1.807) is 6.33 Å². The quantitative estimate of drug-likeness (QED) is 0.910. The maximum Gasteiger partial charge on any atom is 0.134 e. The summed E-state index contributed by atoms with van der Waals surface area (Å²) in [5.74, 6) is 2.01. The summed E-state index contributed by atoms with van der Waals surface area (Å²) in [7, 11) is 0. The van der Waals surface area contributed by atoms with Gasteiger partial charge in [0.25, 0.3) is 0 Å². The van der Waals surface area contributed by atoms with Crippen LogP contribution in [-0.2, 0) is 0 Å². The number of fused-ring (bicyclic) bond motifs is 1. The molecule has 3 rings (SSSR count). The minimum Gasteiger partial charge on any atom is -0.370 e. The monoisotopic (exact) mass is 275 g/mol. The Balaban J connectivity index is 1.74. The Kier molecular flexibility index (Phi) is 4.05. The lowest BCUT2D eigenvalue weighted by atomic mass is 10.1. The summed E-state index contributed by atoms with van der Waals surface area (Å²) in [6, 6.07) is 3.34. The van der Waals surface area contributed by atoms with Crippen LogP contribution in [0.3, 0.4) is 0 Å². The van der Waals surface area contributed by atoms with Crippen molar-refractivity contribution >= 4 is 11.6 Å². The smallest absolute Gasteiger partial charge is 0.134 e. The molecule has 0 saturated carbocycles. The van der Waals surface area contributed by atoms with Gasteiger partial charge < -0.3 is 10.2 Å². The topological polar surface area (TPSA) is 44.3 Å². The summed E-state index contributed by atoms with van der Waals surface area (Å²) in [4.78, 5) is 13.9. The SMILES string of the molecule is CCCNc1cc(N2CC3CCCN3CC2C)ncn1. The Morgan fingerprint density at radius 2 is 2.25 bits per heavy atom. The van der Waals surface area contributed by atoms with Crippen LogP contribution in [0.25, 0.3) is 0 Å². The molecule has 0 amide bonds. The average Bonchev–Trinajstić information content (AvgIpc) is 2.91. The first-order valence-electron chi connectivity index (χ1n) is 7.84. The molecule has 0 aliphatic carbocycles. The maximum absolute atomic E-state index is 4.49. The molecule has 2 aliphatic rings. The van der Waals surface area contributed by atoms with E-state index in [4.69, 9.17) is 0 Å². The van der Waals surface area contributed by atoms with Crippen molar-refractivity contribution in [2.24, 2.45) is 0 Å². The minimum absolute atomic E-state index is 0.526. The average molecular weight is 275 g/mol. The standard InChI is InChI=1S/C15H25N5/c1-3-6-16-14-8-15(18-11-17-14)20-10-13-5-4-7-19(13)9-12(20)2/h8,11-13H,3-7,9-10H2,1-2H3,(H,16,17,18). The molecule has 0 aromatic carbocycles. The molecular formula is C15H25N5. The molecule has 110 valence electrons. The number of anilines is 2. The summed E-state index contributed by atoms with van der Waals surface area (Å²) in [5, 5.41) is 3.35. The lowest BCUT2D eigenvalue weighted by Gasteiger charge is -2.43. The predicted octanol–water partition coefficient (Wildman–Crippen LogP) is 1.97. The second-order valence-corrected chi connectivity index (χ2v) is 5.98. The first-order chi connectivity index (χ1) is 9.78. The van der Waals surface area contributed by atoms with Gasteiger partial charge in [-0.1, -0.05) is 6.92 Å². The third-order valence-electron chi connectivity index (χ3n) is 4.44. The van der Waals surface area contributed by atoms with Crippen molar-refractivity contribution in [2.45, 2.75) is 45.2 Å². The van der Waals surface area contributed by atoms with E-state index in [-0.39, 0.29) is 0 Å². The third kappa shape index (κ3) is 2.73. The molecule has 2 atom stereocenters. The molecular weight excluding hydrogens is 250 g/mol. The van der Waals surface area contributed by atoms with Crippen LogP contribution in [0.5, 0.6) is 0 Å². The molecule has 2 unspecified atom stereocenters. The van der Waals surface area contributed by atoms with E-state index in [1.165, 1.54) is 19.4 Å². The van der Waals surface area contributed by atoms with Gasteiger partial charge >= 0.3 is 0 Å². The van der Waals surface area contributed by atoms with Gasteiger partial charge in [-0.2, -0.15) is 0 Å². The van der Waals surface area contributed by atoms with Crippen molar-refractivity contribution in [2.75, 3.05) is 36.4 Å². The summed E-state index contributed by atoms with van der Waals surface area (Å²) < 4.78 is 0. The second-order valence-electron chi connectivity index (χ2n) is 5.98. The van der Waals surface area contributed by atoms with Gasteiger partial charge in [0.15, 0.2) is 0 Å². The lowest BCUT2D eigenvalue weighted by Crippen LogP contribution is -2.55. The van der Waals surface area contributed by atoms with Crippen LogP contribution in [0.1, 0.15) is 33.1 Å². The number of piperazine rings is 1. The van der Waals surface area contributed by atoms with E-state index < -0.39 is 0 Å². The molecule has 20 heavy (non-hydrogen) atoms. The fraction of sp³-hybridized carbons (Fsp3) is 0.733. The van der Waals surface area contributed by atoms with Gasteiger partial charge in [-0.3, -0.25) is 4.90 Å². The molecule has 0 radical (unpaired) electrons. The first kappa shape index (κ1) is 13.6. The molecule has 5 heteroatoms. The van der Waals surface area contributed by atoms with E-state index in [1.807, 2.05) is 0 Å². The summed E-state index contributed by atoms with van der Waals surface area (Å²) >= 11 is 0. The molecule has 0 spiro atoms. The summed E-state index contributed by atoms with van der Waals surface area (Å²) in [5.41, 5.74) is 0. The Morgan fingerprint density at radius 1 is 1.35 bits per heavy atom. The Bertz CT molecular complexity index is 450. The largest absolute Gasteiger partial charge is 0.370 e. The van der Waals surface area contributed by atoms with Crippen molar-refractivity contribution in [3.8, 4) is 0 Å². The fourth-order valence-electron chi connectivity index (χ4n) is 3.36. The molecule has 5 nitrogen and oxygen atoms in total. The van der Waals surface area contributed by atoms with Crippen molar-refractivity contribution in [3.05, 3.63) is 12.4 Å². The molecule has 3 heterocycles. The van der Waals surface area contributed by atoms with Gasteiger partial charge in [0.1, 0.15) is 18.0 Å². The van der Waals surface area contributed by atoms with Gasteiger partial charge in [0, 0.05) is 37.8 Å². The van der Waals surface area contributed by atoms with Gasteiger partial charge in [-0.15, -0.1) is 0 Å². The fourth-order valence-corrected chi connectivity index (χ4v) is 3.36. The molecule has 1 N–H and O–H groups in total. The number of nitrogens with zero attached hydrogens (tertiary/aromatic N) is 4. The van der Waals surface area contributed by atoms with Crippen molar-refractivity contribution in [1.82, 2.24) is 14.9 Å². The zero-order valence-corrected chi connectivity index (χ0v) is 12.5. The van der Waals surface area contributed by atoms with E-state index in [0.717, 1.165) is 37.7 Å². The van der Waals surface area contributed by atoms with Gasteiger partial charge in [-0.05, 0) is 32.7 Å². The predicted molar refractivity (Wildman–Crippen MR) is 82.2 cm³/mol. The third-order valence-corrected chi connectivity index (χ3v) is 4.44. The molecule has 2 aliphatic heterocycles. The van der Waals surface area contributed by atoms with Crippen LogP contribution in [0.4, 0.5) is 11.6 Å². The summed E-state index contributed by atoms with van der Waals surface area (Å²) in [6.07, 6.45) is 5.46. The first-order valence-corrected chi connectivity index (χ1v) is 7.84. The number of hydrogen-bond donors (Lipinski definition) is 1. The number of hydrogen-bond acceptors (Lipinski definition) is 5. The number of rotatable bonds is 4. The molecule has 1 aromatic rings. The maximum atomic E-state index is 4.49. The van der Waals surface area contributed by atoms with Crippen LogP contribution in [0, 0.1) is 0 Å². The highest BCUT2D eigenvalue weighted by atomic mass is 15.3. The minimum atomic E-state index is 0.526. The highest BCUT2D eigenvalue weighted by Crippen LogP contribution is 2.28. The normalized spacial score (nSPS) is 26.6. The van der Waals surface area contributed by atoms with E-state index >= 15 is 0 Å². The lowest BCUT2D eigenvalue weighted by molar-refractivity contribution is 0.202. The Labute approximate surface area is 121 Å². The van der Waals surface area contributed by atoms with Crippen molar-refractivity contribution in [1.29, 1.82) is 0 Å². The Hall–Kier alpha value is -1.36. The van der Waals surface area contributed by atoms with Gasteiger partial charge in [-0.25, -0.2) is 9.97 Å². The van der Waals surface area contributed by atoms with Gasteiger partial charge in [0.05, 0.1) is 0 Å². The van der Waals surface area contributed by atoms with Crippen LogP contribution in [0.2, 0.25) is 0 Å². The van der Waals surface area contributed by atoms with E-state index in [2.05, 4.69) is 45.0 Å². The van der Waals surface area contributed by atoms with Crippen molar-refractivity contribution in [3.63, 3.8) is 0 Å². The van der Waals surface area contributed by atoms with Crippen LogP contribution >= 0.6 is 0 Å². The summed E-state index contributed by atoms with van der Waals surface area (Å²) in [6.45, 7) is 8.96. The number of aromatic nitrogens is 2. The number of nitrogens with one attached hydrogen (secondary N) is 1. The van der Waals surface area contributed by atoms with Crippen LogP contribution in [-0.4, -0.2) is 53.1 Å². The second kappa shape index (κ2) is 5.95. The molecule has 2 saturated heterocycles. The van der Waals surface area contributed by atoms with Crippen LogP contribution in [0.15, 0.2) is 12.4 Å². The Morgan fingerprint density at radius 3 is 3.10 bits per heavy atom. The highest BCUT2D eigenvalue weighted by molar-refractivity contribution is 5.49.